The fourth-order valence-corrected chi connectivity index (χ4v) is 2.17. The smallest absolute Gasteiger partial charge is 0.255 e. The Bertz CT molecular complexity index is 594. The van der Waals surface area contributed by atoms with Crippen LogP contribution in [0, 0.1) is 6.92 Å². The fourth-order valence-electron chi connectivity index (χ4n) is 1.76. The number of carbonyl (C=O) groups is 1. The standard InChI is InChI=1S/C15H16N2OS/c1-10-9-12(16)5-8-14(10)17-15(18)11-3-6-13(19-2)7-4-11/h3-9H,16H2,1-2H3,(H,17,18). The summed E-state index contributed by atoms with van der Waals surface area (Å²) in [5, 5.41) is 2.89. The fraction of sp³-hybridized carbons (Fsp3) is 0.133. The number of thioether (sulfide) groups is 1. The van der Waals surface area contributed by atoms with Gasteiger partial charge in [0.25, 0.3) is 5.91 Å². The minimum Gasteiger partial charge on any atom is -0.399 e. The Hall–Kier alpha value is -1.94. The van der Waals surface area contributed by atoms with Crippen LogP contribution in [0.25, 0.3) is 0 Å². The van der Waals surface area contributed by atoms with Crippen LogP contribution in [-0.4, -0.2) is 12.2 Å². The molecule has 0 saturated heterocycles. The Balaban J connectivity index is 2.15. The van der Waals surface area contributed by atoms with Gasteiger partial charge >= 0.3 is 0 Å². The van der Waals surface area contributed by atoms with Gasteiger partial charge in [-0.3, -0.25) is 4.79 Å². The van der Waals surface area contributed by atoms with E-state index >= 15 is 0 Å². The zero-order valence-electron chi connectivity index (χ0n) is 10.9. The molecule has 1 amide bonds. The number of rotatable bonds is 3. The topological polar surface area (TPSA) is 55.1 Å². The molecule has 0 atom stereocenters. The third kappa shape index (κ3) is 3.29. The molecule has 19 heavy (non-hydrogen) atoms. The Kier molecular flexibility index (Phi) is 4.12. The highest BCUT2D eigenvalue weighted by molar-refractivity contribution is 7.98. The summed E-state index contributed by atoms with van der Waals surface area (Å²) in [4.78, 5) is 13.2. The van der Waals surface area contributed by atoms with Gasteiger partial charge in [0.15, 0.2) is 0 Å². The Morgan fingerprint density at radius 2 is 1.84 bits per heavy atom. The van der Waals surface area contributed by atoms with Gasteiger partial charge in [-0.2, -0.15) is 0 Å². The molecule has 0 aliphatic heterocycles. The van der Waals surface area contributed by atoms with Gasteiger partial charge in [-0.15, -0.1) is 11.8 Å². The highest BCUT2D eigenvalue weighted by Crippen LogP contribution is 2.19. The van der Waals surface area contributed by atoms with E-state index in [1.165, 1.54) is 0 Å². The second-order valence-corrected chi connectivity index (χ2v) is 5.14. The van der Waals surface area contributed by atoms with Crippen LogP contribution in [0.15, 0.2) is 47.4 Å². The number of benzene rings is 2. The first kappa shape index (κ1) is 13.5. The molecule has 2 aromatic rings. The molecule has 0 fully saturated rings. The van der Waals surface area contributed by atoms with Crippen molar-refractivity contribution in [2.24, 2.45) is 0 Å². The molecule has 0 unspecified atom stereocenters. The summed E-state index contributed by atoms with van der Waals surface area (Å²) >= 11 is 1.65. The van der Waals surface area contributed by atoms with E-state index in [0.29, 0.717) is 11.3 Å². The SMILES string of the molecule is CSc1ccc(C(=O)Nc2ccc(N)cc2C)cc1. The van der Waals surface area contributed by atoms with Crippen molar-refractivity contribution in [1.82, 2.24) is 0 Å². The summed E-state index contributed by atoms with van der Waals surface area (Å²) in [7, 11) is 0. The number of carbonyl (C=O) groups excluding carboxylic acids is 1. The highest BCUT2D eigenvalue weighted by Gasteiger charge is 2.07. The lowest BCUT2D eigenvalue weighted by molar-refractivity contribution is 0.102. The molecule has 2 aromatic carbocycles. The van der Waals surface area contributed by atoms with Crippen molar-refractivity contribution in [2.75, 3.05) is 17.3 Å². The Morgan fingerprint density at radius 3 is 2.42 bits per heavy atom. The second-order valence-electron chi connectivity index (χ2n) is 4.26. The first-order chi connectivity index (χ1) is 9.10. The third-order valence-corrected chi connectivity index (χ3v) is 3.59. The maximum atomic E-state index is 12.1. The molecule has 3 N–H and O–H groups in total. The molecule has 0 spiro atoms. The molecule has 0 radical (unpaired) electrons. The van der Waals surface area contributed by atoms with Gasteiger partial charge in [0, 0.05) is 21.8 Å². The minimum atomic E-state index is -0.111. The van der Waals surface area contributed by atoms with Crippen LogP contribution in [0.1, 0.15) is 15.9 Å². The summed E-state index contributed by atoms with van der Waals surface area (Å²) in [6, 6.07) is 13.0. The van der Waals surface area contributed by atoms with Crippen molar-refractivity contribution < 1.29 is 4.79 Å². The lowest BCUT2D eigenvalue weighted by Gasteiger charge is -2.09. The molecule has 0 aromatic heterocycles. The Labute approximate surface area is 117 Å². The number of hydrogen-bond donors (Lipinski definition) is 2. The van der Waals surface area contributed by atoms with Gasteiger partial charge in [-0.25, -0.2) is 0 Å². The number of hydrogen-bond acceptors (Lipinski definition) is 3. The molecule has 4 heteroatoms. The van der Waals surface area contributed by atoms with E-state index in [-0.39, 0.29) is 5.91 Å². The summed E-state index contributed by atoms with van der Waals surface area (Å²) in [5.74, 6) is -0.111. The van der Waals surface area contributed by atoms with Crippen LogP contribution >= 0.6 is 11.8 Å². The molecule has 0 bridgehead atoms. The van der Waals surface area contributed by atoms with Crippen molar-refractivity contribution >= 4 is 29.0 Å². The average Bonchev–Trinajstić information content (AvgIpc) is 2.42. The van der Waals surface area contributed by atoms with Crippen LogP contribution in [0.4, 0.5) is 11.4 Å². The van der Waals surface area contributed by atoms with Gasteiger partial charge in [0.05, 0.1) is 0 Å². The monoisotopic (exact) mass is 272 g/mol. The first-order valence-electron chi connectivity index (χ1n) is 5.91. The van der Waals surface area contributed by atoms with Crippen molar-refractivity contribution in [3.63, 3.8) is 0 Å². The van der Waals surface area contributed by atoms with Gasteiger partial charge in [-0.1, -0.05) is 0 Å². The van der Waals surface area contributed by atoms with Gasteiger partial charge in [-0.05, 0) is 61.2 Å². The van der Waals surface area contributed by atoms with Crippen LogP contribution in [0.3, 0.4) is 0 Å². The minimum absolute atomic E-state index is 0.111. The predicted molar refractivity (Wildman–Crippen MR) is 81.8 cm³/mol. The third-order valence-electron chi connectivity index (χ3n) is 2.85. The zero-order valence-corrected chi connectivity index (χ0v) is 11.8. The van der Waals surface area contributed by atoms with E-state index < -0.39 is 0 Å². The van der Waals surface area contributed by atoms with Gasteiger partial charge in [0.2, 0.25) is 0 Å². The molecule has 98 valence electrons. The molecular weight excluding hydrogens is 256 g/mol. The quantitative estimate of drug-likeness (QED) is 0.663. The van der Waals surface area contributed by atoms with Crippen molar-refractivity contribution in [3.8, 4) is 0 Å². The van der Waals surface area contributed by atoms with Gasteiger partial charge in [0.1, 0.15) is 0 Å². The summed E-state index contributed by atoms with van der Waals surface area (Å²) in [5.41, 5.74) is 8.77. The maximum Gasteiger partial charge on any atom is 0.255 e. The summed E-state index contributed by atoms with van der Waals surface area (Å²) in [6.45, 7) is 1.92. The largest absolute Gasteiger partial charge is 0.399 e. The molecule has 0 saturated carbocycles. The Morgan fingerprint density at radius 1 is 1.16 bits per heavy atom. The molecule has 0 aliphatic carbocycles. The molecule has 2 rings (SSSR count). The molecular formula is C15H16N2OS. The first-order valence-corrected chi connectivity index (χ1v) is 7.14. The van der Waals surface area contributed by atoms with Gasteiger partial charge < -0.3 is 11.1 Å². The summed E-state index contributed by atoms with van der Waals surface area (Å²) in [6.07, 6.45) is 2.01. The molecule has 0 aliphatic rings. The molecule has 3 nitrogen and oxygen atoms in total. The van der Waals surface area contributed by atoms with Crippen molar-refractivity contribution in [1.29, 1.82) is 0 Å². The normalized spacial score (nSPS) is 10.2. The van der Waals surface area contributed by atoms with E-state index in [0.717, 1.165) is 16.1 Å². The van der Waals surface area contributed by atoms with Crippen LogP contribution < -0.4 is 11.1 Å². The van der Waals surface area contributed by atoms with E-state index in [1.54, 1.807) is 17.8 Å². The lowest BCUT2D eigenvalue weighted by Crippen LogP contribution is -2.12. The maximum absolute atomic E-state index is 12.1. The van der Waals surface area contributed by atoms with Crippen LogP contribution in [-0.2, 0) is 0 Å². The van der Waals surface area contributed by atoms with E-state index in [2.05, 4.69) is 5.32 Å². The van der Waals surface area contributed by atoms with E-state index in [1.807, 2.05) is 49.6 Å². The predicted octanol–water partition coefficient (Wildman–Crippen LogP) is 3.55. The number of amides is 1. The second kappa shape index (κ2) is 5.80. The number of nitrogens with two attached hydrogens (primary N) is 1. The van der Waals surface area contributed by atoms with Crippen LogP contribution in [0.5, 0.6) is 0 Å². The highest BCUT2D eigenvalue weighted by atomic mass is 32.2. The van der Waals surface area contributed by atoms with E-state index in [9.17, 15) is 4.79 Å². The number of nitrogen functional groups attached to an aromatic ring is 1. The van der Waals surface area contributed by atoms with Crippen molar-refractivity contribution in [3.05, 3.63) is 53.6 Å². The van der Waals surface area contributed by atoms with Crippen molar-refractivity contribution in [2.45, 2.75) is 11.8 Å². The molecule has 0 heterocycles. The lowest BCUT2D eigenvalue weighted by atomic mass is 10.1. The number of nitrogens with one attached hydrogen (secondary N) is 1. The zero-order chi connectivity index (χ0) is 13.8. The van der Waals surface area contributed by atoms with E-state index in [4.69, 9.17) is 5.73 Å². The van der Waals surface area contributed by atoms with Crippen LogP contribution in [0.2, 0.25) is 0 Å². The number of anilines is 2. The number of aryl methyl sites for hydroxylation is 1. The summed E-state index contributed by atoms with van der Waals surface area (Å²) < 4.78 is 0. The average molecular weight is 272 g/mol.